The third-order valence-corrected chi connectivity index (χ3v) is 3.04. The topological polar surface area (TPSA) is 63.8 Å². The number of nitrogens with two attached hydrogens (primary N) is 1. The lowest BCUT2D eigenvalue weighted by atomic mass is 9.99. The number of aromatic nitrogens is 2. The zero-order valence-corrected chi connectivity index (χ0v) is 12.3. The van der Waals surface area contributed by atoms with E-state index in [0.29, 0.717) is 5.82 Å². The number of nitrogens with zero attached hydrogens (tertiary/aromatic N) is 2. The normalized spacial score (nSPS) is 11.6. The van der Waals surface area contributed by atoms with E-state index in [1.807, 2.05) is 6.92 Å². The van der Waals surface area contributed by atoms with Gasteiger partial charge in [0.2, 0.25) is 0 Å². The van der Waals surface area contributed by atoms with Gasteiger partial charge in [0.1, 0.15) is 17.5 Å². The minimum atomic E-state index is 0.0315. The highest BCUT2D eigenvalue weighted by atomic mass is 15.1. The number of anilines is 2. The van der Waals surface area contributed by atoms with Crippen molar-refractivity contribution in [3.8, 4) is 0 Å². The van der Waals surface area contributed by atoms with Gasteiger partial charge in [-0.05, 0) is 33.6 Å². The molecule has 4 nitrogen and oxygen atoms in total. The van der Waals surface area contributed by atoms with E-state index in [9.17, 15) is 0 Å². The first kappa shape index (κ1) is 14.7. The monoisotopic (exact) mass is 250 g/mol. The SMILES string of the molecule is CCCc1nc(N)c(C)c(NC(C)(C)CCC)n1. The average Bonchev–Trinajstić information content (AvgIpc) is 2.25. The van der Waals surface area contributed by atoms with Crippen LogP contribution in [0.5, 0.6) is 0 Å². The number of hydrogen-bond acceptors (Lipinski definition) is 4. The minimum absolute atomic E-state index is 0.0315. The molecule has 0 atom stereocenters. The Labute approximate surface area is 110 Å². The van der Waals surface area contributed by atoms with Gasteiger partial charge < -0.3 is 11.1 Å². The number of rotatable bonds is 6. The van der Waals surface area contributed by atoms with Crippen LogP contribution in [0.3, 0.4) is 0 Å². The summed E-state index contributed by atoms with van der Waals surface area (Å²) in [4.78, 5) is 8.91. The summed E-state index contributed by atoms with van der Waals surface area (Å²) >= 11 is 0. The lowest BCUT2D eigenvalue weighted by molar-refractivity contribution is 0.508. The molecule has 0 bridgehead atoms. The van der Waals surface area contributed by atoms with Gasteiger partial charge in [-0.25, -0.2) is 9.97 Å². The van der Waals surface area contributed by atoms with E-state index in [2.05, 4.69) is 43.0 Å². The molecule has 0 radical (unpaired) electrons. The van der Waals surface area contributed by atoms with Crippen LogP contribution in [0.1, 0.15) is 58.3 Å². The average molecular weight is 250 g/mol. The molecule has 1 heterocycles. The Morgan fingerprint density at radius 2 is 1.83 bits per heavy atom. The molecule has 4 heteroatoms. The highest BCUT2D eigenvalue weighted by Gasteiger charge is 2.19. The van der Waals surface area contributed by atoms with Gasteiger partial charge in [0.25, 0.3) is 0 Å². The predicted molar refractivity (Wildman–Crippen MR) is 77.8 cm³/mol. The van der Waals surface area contributed by atoms with Crippen LogP contribution in [0.2, 0.25) is 0 Å². The van der Waals surface area contributed by atoms with Crippen molar-refractivity contribution in [1.82, 2.24) is 9.97 Å². The van der Waals surface area contributed by atoms with Gasteiger partial charge in [-0.3, -0.25) is 0 Å². The molecular weight excluding hydrogens is 224 g/mol. The molecule has 0 saturated carbocycles. The molecule has 18 heavy (non-hydrogen) atoms. The molecule has 0 aliphatic heterocycles. The van der Waals surface area contributed by atoms with E-state index >= 15 is 0 Å². The third kappa shape index (κ3) is 3.86. The third-order valence-electron chi connectivity index (χ3n) is 3.04. The van der Waals surface area contributed by atoms with Crippen LogP contribution in [0, 0.1) is 6.92 Å². The molecule has 1 rings (SSSR count). The second kappa shape index (κ2) is 6.03. The first-order valence-electron chi connectivity index (χ1n) is 6.80. The second-order valence-corrected chi connectivity index (χ2v) is 5.51. The summed E-state index contributed by atoms with van der Waals surface area (Å²) in [7, 11) is 0. The Bertz CT molecular complexity index is 399. The van der Waals surface area contributed by atoms with Crippen molar-refractivity contribution in [2.24, 2.45) is 0 Å². The molecule has 0 amide bonds. The van der Waals surface area contributed by atoms with Crippen molar-refractivity contribution in [2.45, 2.75) is 65.8 Å². The molecule has 0 aliphatic rings. The summed E-state index contributed by atoms with van der Waals surface area (Å²) in [6, 6.07) is 0. The summed E-state index contributed by atoms with van der Waals surface area (Å²) in [6.07, 6.45) is 4.13. The molecule has 0 spiro atoms. The fourth-order valence-electron chi connectivity index (χ4n) is 2.05. The smallest absolute Gasteiger partial charge is 0.135 e. The van der Waals surface area contributed by atoms with Crippen molar-refractivity contribution in [1.29, 1.82) is 0 Å². The molecule has 0 fully saturated rings. The summed E-state index contributed by atoms with van der Waals surface area (Å²) in [6.45, 7) is 10.7. The van der Waals surface area contributed by atoms with Gasteiger partial charge in [-0.2, -0.15) is 0 Å². The van der Waals surface area contributed by atoms with Crippen molar-refractivity contribution < 1.29 is 0 Å². The van der Waals surface area contributed by atoms with Gasteiger partial charge in [0.15, 0.2) is 0 Å². The Hall–Kier alpha value is -1.32. The maximum absolute atomic E-state index is 5.95. The highest BCUT2D eigenvalue weighted by Crippen LogP contribution is 2.23. The second-order valence-electron chi connectivity index (χ2n) is 5.51. The van der Waals surface area contributed by atoms with Gasteiger partial charge in [-0.15, -0.1) is 0 Å². The largest absolute Gasteiger partial charge is 0.383 e. The van der Waals surface area contributed by atoms with Crippen molar-refractivity contribution in [3.63, 3.8) is 0 Å². The van der Waals surface area contributed by atoms with Crippen LogP contribution in [0.4, 0.5) is 11.6 Å². The Morgan fingerprint density at radius 3 is 2.39 bits per heavy atom. The highest BCUT2D eigenvalue weighted by molar-refractivity contribution is 5.55. The van der Waals surface area contributed by atoms with Crippen molar-refractivity contribution in [3.05, 3.63) is 11.4 Å². The minimum Gasteiger partial charge on any atom is -0.383 e. The lowest BCUT2D eigenvalue weighted by Gasteiger charge is -2.27. The zero-order chi connectivity index (χ0) is 13.8. The summed E-state index contributed by atoms with van der Waals surface area (Å²) in [5, 5.41) is 3.50. The van der Waals surface area contributed by atoms with Crippen LogP contribution >= 0.6 is 0 Å². The summed E-state index contributed by atoms with van der Waals surface area (Å²) in [5.41, 5.74) is 6.93. The quantitative estimate of drug-likeness (QED) is 0.813. The fourth-order valence-corrected chi connectivity index (χ4v) is 2.05. The van der Waals surface area contributed by atoms with Crippen LogP contribution in [-0.4, -0.2) is 15.5 Å². The lowest BCUT2D eigenvalue weighted by Crippen LogP contribution is -2.31. The van der Waals surface area contributed by atoms with Crippen LogP contribution < -0.4 is 11.1 Å². The van der Waals surface area contributed by atoms with E-state index in [-0.39, 0.29) is 5.54 Å². The Balaban J connectivity index is 3.00. The van der Waals surface area contributed by atoms with Crippen molar-refractivity contribution in [2.75, 3.05) is 11.1 Å². The van der Waals surface area contributed by atoms with Crippen LogP contribution in [-0.2, 0) is 6.42 Å². The molecule has 3 N–H and O–H groups in total. The van der Waals surface area contributed by atoms with Gasteiger partial charge in [-0.1, -0.05) is 20.3 Å². The standard InChI is InChI=1S/C14H26N4/c1-6-8-11-16-12(15)10(3)13(17-11)18-14(4,5)9-7-2/h6-9H2,1-5H3,(H3,15,16,17,18). The molecule has 1 aromatic heterocycles. The van der Waals surface area contributed by atoms with Gasteiger partial charge >= 0.3 is 0 Å². The molecular formula is C14H26N4. The summed E-state index contributed by atoms with van der Waals surface area (Å²) < 4.78 is 0. The summed E-state index contributed by atoms with van der Waals surface area (Å²) in [5.74, 6) is 2.29. The van der Waals surface area contributed by atoms with Crippen LogP contribution in [0.15, 0.2) is 0 Å². The number of nitrogen functional groups attached to an aromatic ring is 1. The first-order chi connectivity index (χ1) is 8.39. The van der Waals surface area contributed by atoms with Gasteiger partial charge in [0.05, 0.1) is 0 Å². The van der Waals surface area contributed by atoms with Gasteiger partial charge in [0, 0.05) is 17.5 Å². The van der Waals surface area contributed by atoms with E-state index in [4.69, 9.17) is 5.73 Å². The van der Waals surface area contributed by atoms with E-state index in [1.54, 1.807) is 0 Å². The van der Waals surface area contributed by atoms with Crippen LogP contribution in [0.25, 0.3) is 0 Å². The molecule has 1 aromatic rings. The molecule has 0 aliphatic carbocycles. The first-order valence-corrected chi connectivity index (χ1v) is 6.80. The zero-order valence-electron chi connectivity index (χ0n) is 12.3. The predicted octanol–water partition coefficient (Wildman–Crippen LogP) is 3.31. The number of nitrogens with one attached hydrogen (secondary N) is 1. The molecule has 0 aromatic carbocycles. The Morgan fingerprint density at radius 1 is 1.17 bits per heavy atom. The van der Waals surface area contributed by atoms with Crippen molar-refractivity contribution >= 4 is 11.6 Å². The molecule has 0 saturated heterocycles. The maximum Gasteiger partial charge on any atom is 0.135 e. The maximum atomic E-state index is 5.95. The fraction of sp³-hybridized carbons (Fsp3) is 0.714. The Kier molecular flexibility index (Phi) is 4.93. The van der Waals surface area contributed by atoms with E-state index in [1.165, 1.54) is 0 Å². The van der Waals surface area contributed by atoms with E-state index < -0.39 is 0 Å². The number of aryl methyl sites for hydroxylation is 1. The molecule has 0 unspecified atom stereocenters. The molecule has 102 valence electrons. The number of hydrogen-bond donors (Lipinski definition) is 2. The van der Waals surface area contributed by atoms with E-state index in [0.717, 1.165) is 42.9 Å².